The van der Waals surface area contributed by atoms with Crippen molar-refractivity contribution in [2.75, 3.05) is 39.8 Å². The molecule has 0 bridgehead atoms. The second-order valence-electron chi connectivity index (χ2n) is 7.33. The average Bonchev–Trinajstić information content (AvgIpc) is 2.47. The summed E-state index contributed by atoms with van der Waals surface area (Å²) >= 11 is 0. The molecule has 3 aliphatic rings. The first-order chi connectivity index (χ1) is 9.60. The Morgan fingerprint density at radius 3 is 2.76 bits per heavy atom. The van der Waals surface area contributed by atoms with Crippen LogP contribution in [0, 0.1) is 11.3 Å². The molecule has 0 radical (unpaired) electrons. The summed E-state index contributed by atoms with van der Waals surface area (Å²) in [5.41, 5.74) is -0.161. The maximum Gasteiger partial charge on any atom is 0.229 e. The number of piperidine rings is 3. The molecule has 0 aromatic rings. The van der Waals surface area contributed by atoms with Crippen LogP contribution in [0.25, 0.3) is 0 Å². The molecular weight excluding hydrogens is 286 g/mol. The standard InChI is InChI=1S/C16H29N3O.ClH/c1-16(7-4-8-17-12-16)15(20)19-10-6-14-13(11-19)5-3-9-18(14)2;/h13-14,17H,3-12H2,1-2H3;1H. The summed E-state index contributed by atoms with van der Waals surface area (Å²) in [7, 11) is 2.25. The second-order valence-corrected chi connectivity index (χ2v) is 7.33. The molecule has 3 fully saturated rings. The molecule has 0 aromatic carbocycles. The van der Waals surface area contributed by atoms with E-state index in [9.17, 15) is 4.79 Å². The summed E-state index contributed by atoms with van der Waals surface area (Å²) in [4.78, 5) is 17.6. The fourth-order valence-corrected chi connectivity index (χ4v) is 4.46. The van der Waals surface area contributed by atoms with Gasteiger partial charge in [-0.05, 0) is 65.1 Å². The molecule has 3 atom stereocenters. The Morgan fingerprint density at radius 2 is 2.05 bits per heavy atom. The molecule has 0 aliphatic carbocycles. The minimum Gasteiger partial charge on any atom is -0.342 e. The number of rotatable bonds is 1. The van der Waals surface area contributed by atoms with Gasteiger partial charge >= 0.3 is 0 Å². The van der Waals surface area contributed by atoms with Gasteiger partial charge in [0.1, 0.15) is 0 Å². The van der Waals surface area contributed by atoms with Gasteiger partial charge in [-0.25, -0.2) is 0 Å². The van der Waals surface area contributed by atoms with Gasteiger partial charge in [0, 0.05) is 25.7 Å². The van der Waals surface area contributed by atoms with Gasteiger partial charge in [0.25, 0.3) is 0 Å². The molecule has 4 nitrogen and oxygen atoms in total. The number of fused-ring (bicyclic) bond motifs is 1. The van der Waals surface area contributed by atoms with Crippen molar-refractivity contribution in [2.45, 2.75) is 45.1 Å². The van der Waals surface area contributed by atoms with Gasteiger partial charge in [-0.3, -0.25) is 4.79 Å². The van der Waals surface area contributed by atoms with Crippen LogP contribution >= 0.6 is 12.4 Å². The van der Waals surface area contributed by atoms with Crippen LogP contribution in [0.15, 0.2) is 0 Å². The zero-order valence-corrected chi connectivity index (χ0v) is 14.3. The van der Waals surface area contributed by atoms with Gasteiger partial charge in [0.05, 0.1) is 5.41 Å². The van der Waals surface area contributed by atoms with Crippen molar-refractivity contribution in [3.05, 3.63) is 0 Å². The van der Waals surface area contributed by atoms with Crippen LogP contribution in [0.4, 0.5) is 0 Å². The van der Waals surface area contributed by atoms with Crippen molar-refractivity contribution in [3.8, 4) is 0 Å². The monoisotopic (exact) mass is 315 g/mol. The smallest absolute Gasteiger partial charge is 0.229 e. The molecule has 0 spiro atoms. The van der Waals surface area contributed by atoms with E-state index in [1.807, 2.05) is 0 Å². The van der Waals surface area contributed by atoms with Crippen LogP contribution in [0.3, 0.4) is 0 Å². The van der Waals surface area contributed by atoms with E-state index < -0.39 is 0 Å². The molecule has 3 saturated heterocycles. The summed E-state index contributed by atoms with van der Waals surface area (Å²) in [6.45, 7) is 7.26. The molecule has 3 rings (SSSR count). The fraction of sp³-hybridized carbons (Fsp3) is 0.938. The Bertz CT molecular complexity index is 371. The number of carbonyl (C=O) groups excluding carboxylic acids is 1. The van der Waals surface area contributed by atoms with E-state index in [-0.39, 0.29) is 17.8 Å². The number of hydrogen-bond acceptors (Lipinski definition) is 3. The maximum absolute atomic E-state index is 12.9. The molecule has 0 saturated carbocycles. The summed E-state index contributed by atoms with van der Waals surface area (Å²) < 4.78 is 0. The Balaban J connectivity index is 0.00000161. The molecule has 3 unspecified atom stereocenters. The van der Waals surface area contributed by atoms with Crippen molar-refractivity contribution < 1.29 is 4.79 Å². The number of halogens is 1. The minimum absolute atomic E-state index is 0. The van der Waals surface area contributed by atoms with Crippen LogP contribution in [0.1, 0.15) is 39.0 Å². The summed E-state index contributed by atoms with van der Waals surface area (Å²) in [5, 5.41) is 3.40. The van der Waals surface area contributed by atoms with Crippen molar-refractivity contribution in [1.82, 2.24) is 15.1 Å². The first-order valence-electron chi connectivity index (χ1n) is 8.30. The minimum atomic E-state index is -0.161. The second kappa shape index (κ2) is 6.84. The predicted octanol–water partition coefficient (Wildman–Crippen LogP) is 1.74. The van der Waals surface area contributed by atoms with Gasteiger partial charge in [-0.2, -0.15) is 0 Å². The Morgan fingerprint density at radius 1 is 1.24 bits per heavy atom. The van der Waals surface area contributed by atoms with Crippen LogP contribution in [0.5, 0.6) is 0 Å². The Labute approximate surface area is 135 Å². The van der Waals surface area contributed by atoms with E-state index in [0.29, 0.717) is 17.9 Å². The molecule has 3 aliphatic heterocycles. The number of amides is 1. The third-order valence-corrected chi connectivity index (χ3v) is 5.75. The lowest BCUT2D eigenvalue weighted by atomic mass is 9.79. The Kier molecular flexibility index (Phi) is 5.55. The van der Waals surface area contributed by atoms with E-state index in [4.69, 9.17) is 0 Å². The van der Waals surface area contributed by atoms with Gasteiger partial charge in [-0.1, -0.05) is 0 Å². The lowest BCUT2D eigenvalue weighted by Gasteiger charge is -2.48. The molecule has 21 heavy (non-hydrogen) atoms. The van der Waals surface area contributed by atoms with Crippen LogP contribution in [0.2, 0.25) is 0 Å². The summed E-state index contributed by atoms with van der Waals surface area (Å²) in [6, 6.07) is 0.713. The zero-order valence-electron chi connectivity index (χ0n) is 13.4. The van der Waals surface area contributed by atoms with Crippen molar-refractivity contribution in [1.29, 1.82) is 0 Å². The first-order valence-corrected chi connectivity index (χ1v) is 8.30. The molecule has 122 valence electrons. The molecular formula is C16H30ClN3O. The lowest BCUT2D eigenvalue weighted by Crippen LogP contribution is -2.58. The normalized spacial score (nSPS) is 37.5. The first kappa shape index (κ1) is 17.0. The van der Waals surface area contributed by atoms with Crippen LogP contribution < -0.4 is 5.32 Å². The van der Waals surface area contributed by atoms with Gasteiger partial charge in [-0.15, -0.1) is 12.4 Å². The molecule has 1 amide bonds. The summed E-state index contributed by atoms with van der Waals surface area (Å²) in [6.07, 6.45) is 5.93. The zero-order chi connectivity index (χ0) is 14.2. The third kappa shape index (κ3) is 3.38. The highest BCUT2D eigenvalue weighted by molar-refractivity contribution is 5.85. The van der Waals surface area contributed by atoms with Crippen LogP contribution in [-0.4, -0.2) is 61.5 Å². The maximum atomic E-state index is 12.9. The van der Waals surface area contributed by atoms with Gasteiger partial charge in [0.2, 0.25) is 5.91 Å². The van der Waals surface area contributed by atoms with Gasteiger partial charge < -0.3 is 15.1 Å². The van der Waals surface area contributed by atoms with E-state index in [1.165, 1.54) is 19.4 Å². The van der Waals surface area contributed by atoms with Crippen molar-refractivity contribution in [2.24, 2.45) is 11.3 Å². The quantitative estimate of drug-likeness (QED) is 0.800. The molecule has 1 N–H and O–H groups in total. The van der Waals surface area contributed by atoms with Crippen LogP contribution in [-0.2, 0) is 4.79 Å². The number of likely N-dealkylation sites (tertiary alicyclic amines) is 2. The highest BCUT2D eigenvalue weighted by atomic mass is 35.5. The third-order valence-electron chi connectivity index (χ3n) is 5.75. The lowest BCUT2D eigenvalue weighted by molar-refractivity contribution is -0.145. The molecule has 5 heteroatoms. The number of hydrogen-bond donors (Lipinski definition) is 1. The van der Waals surface area contributed by atoms with E-state index in [0.717, 1.165) is 45.4 Å². The van der Waals surface area contributed by atoms with E-state index >= 15 is 0 Å². The molecule has 0 aromatic heterocycles. The highest BCUT2D eigenvalue weighted by Crippen LogP contribution is 2.33. The molecule has 3 heterocycles. The van der Waals surface area contributed by atoms with Gasteiger partial charge in [0.15, 0.2) is 0 Å². The number of carbonyl (C=O) groups is 1. The summed E-state index contributed by atoms with van der Waals surface area (Å²) in [5.74, 6) is 1.10. The predicted molar refractivity (Wildman–Crippen MR) is 87.8 cm³/mol. The number of nitrogens with zero attached hydrogens (tertiary/aromatic N) is 2. The van der Waals surface area contributed by atoms with E-state index in [1.54, 1.807) is 0 Å². The van der Waals surface area contributed by atoms with Crippen molar-refractivity contribution in [3.63, 3.8) is 0 Å². The van der Waals surface area contributed by atoms with Crippen molar-refractivity contribution >= 4 is 18.3 Å². The van der Waals surface area contributed by atoms with E-state index in [2.05, 4.69) is 29.1 Å². The highest BCUT2D eigenvalue weighted by Gasteiger charge is 2.42. The average molecular weight is 316 g/mol. The number of nitrogens with one attached hydrogen (secondary N) is 1. The fourth-order valence-electron chi connectivity index (χ4n) is 4.46. The Hall–Kier alpha value is -0.320. The largest absolute Gasteiger partial charge is 0.342 e. The topological polar surface area (TPSA) is 35.6 Å². The SMILES string of the molecule is CN1CCCC2CN(C(=O)C3(C)CCCNC3)CCC21.Cl.